The molecule has 0 atom stereocenters. The summed E-state index contributed by atoms with van der Waals surface area (Å²) >= 11 is 0. The first-order valence-corrected chi connectivity index (χ1v) is 8.25. The fourth-order valence-corrected chi connectivity index (χ4v) is 3.95. The van der Waals surface area contributed by atoms with Crippen LogP contribution in [0.1, 0.15) is 17.2 Å². The molecule has 0 amide bonds. The first-order chi connectivity index (χ1) is 10.3. The molecule has 1 aromatic carbocycles. The summed E-state index contributed by atoms with van der Waals surface area (Å²) in [6.45, 7) is 5.24. The van der Waals surface area contributed by atoms with Crippen LogP contribution < -0.4 is 4.72 Å². The minimum Gasteiger partial charge on any atom is -0.331 e. The highest BCUT2D eigenvalue weighted by molar-refractivity contribution is 7.92. The van der Waals surface area contributed by atoms with Gasteiger partial charge in [-0.25, -0.2) is 13.4 Å². The van der Waals surface area contributed by atoms with E-state index in [9.17, 15) is 8.42 Å². The average Bonchev–Trinajstić information content (AvgIpc) is 2.90. The first kappa shape index (κ1) is 14.6. The van der Waals surface area contributed by atoms with Crippen LogP contribution in [0.4, 0.5) is 5.69 Å². The predicted molar refractivity (Wildman–Crippen MR) is 84.3 cm³/mol. The zero-order valence-electron chi connectivity index (χ0n) is 12.8. The number of nitrogens with zero attached hydrogens (tertiary/aromatic N) is 3. The van der Waals surface area contributed by atoms with Gasteiger partial charge in [0.1, 0.15) is 10.7 Å². The van der Waals surface area contributed by atoms with Gasteiger partial charge >= 0.3 is 0 Å². The number of rotatable bonds is 3. The lowest BCUT2D eigenvalue weighted by Gasteiger charge is -2.08. The highest BCUT2D eigenvalue weighted by atomic mass is 32.2. The Bertz CT molecular complexity index is 949. The van der Waals surface area contributed by atoms with Crippen LogP contribution in [0.15, 0.2) is 23.1 Å². The van der Waals surface area contributed by atoms with E-state index in [0.29, 0.717) is 17.1 Å². The van der Waals surface area contributed by atoms with Crippen LogP contribution in [0, 0.1) is 20.8 Å². The van der Waals surface area contributed by atoms with Crippen LogP contribution in [0.5, 0.6) is 0 Å². The fraction of sp³-hybridized carbons (Fsp3) is 0.286. The van der Waals surface area contributed by atoms with E-state index in [4.69, 9.17) is 0 Å². The molecule has 2 aromatic heterocycles. The van der Waals surface area contributed by atoms with E-state index in [1.165, 1.54) is 0 Å². The van der Waals surface area contributed by atoms with Gasteiger partial charge in [-0.1, -0.05) is 0 Å². The molecule has 0 aliphatic rings. The molecule has 3 rings (SSSR count). The second-order valence-electron chi connectivity index (χ2n) is 5.29. The van der Waals surface area contributed by atoms with Gasteiger partial charge in [0.05, 0.1) is 28.1 Å². The third kappa shape index (κ3) is 2.25. The van der Waals surface area contributed by atoms with Crippen molar-refractivity contribution in [2.75, 3.05) is 4.72 Å². The number of aryl methyl sites for hydroxylation is 4. The van der Waals surface area contributed by atoms with Crippen LogP contribution in [-0.2, 0) is 17.1 Å². The smallest absolute Gasteiger partial charge is 0.265 e. The Hall–Kier alpha value is -2.35. The van der Waals surface area contributed by atoms with Crippen LogP contribution in [0.3, 0.4) is 0 Å². The number of hydrogen-bond donors (Lipinski definition) is 2. The maximum Gasteiger partial charge on any atom is 0.265 e. The zero-order chi connectivity index (χ0) is 16.1. The predicted octanol–water partition coefficient (Wildman–Crippen LogP) is 2.02. The topological polar surface area (TPSA) is 92.7 Å². The first-order valence-electron chi connectivity index (χ1n) is 6.77. The maximum absolute atomic E-state index is 12.5. The molecular formula is C14H17N5O2S. The van der Waals surface area contributed by atoms with Crippen LogP contribution in [0.25, 0.3) is 11.0 Å². The monoisotopic (exact) mass is 319 g/mol. The lowest BCUT2D eigenvalue weighted by molar-refractivity contribution is 0.600. The molecule has 116 valence electrons. The van der Waals surface area contributed by atoms with E-state index in [1.54, 1.807) is 26.0 Å². The molecule has 0 saturated carbocycles. The average molecular weight is 319 g/mol. The van der Waals surface area contributed by atoms with Crippen LogP contribution in [0.2, 0.25) is 0 Å². The van der Waals surface area contributed by atoms with Crippen molar-refractivity contribution in [3.8, 4) is 0 Å². The van der Waals surface area contributed by atoms with Crippen molar-refractivity contribution in [1.29, 1.82) is 0 Å². The van der Waals surface area contributed by atoms with E-state index in [1.807, 2.05) is 24.6 Å². The Morgan fingerprint density at radius 1 is 1.23 bits per heavy atom. The number of fused-ring (bicyclic) bond motifs is 1. The number of aromatic nitrogens is 4. The van der Waals surface area contributed by atoms with Gasteiger partial charge in [-0.2, -0.15) is 5.10 Å². The molecule has 2 heterocycles. The number of benzene rings is 1. The van der Waals surface area contributed by atoms with Crippen molar-refractivity contribution in [3.63, 3.8) is 0 Å². The standard InChI is InChI=1S/C14H17N5O2S/c1-8-14(9(2)17-16-8)22(20,21)18-11-5-6-13-12(7-11)15-10(3)19(13)4/h5-7,18H,1-4H3,(H,16,17). The molecule has 22 heavy (non-hydrogen) atoms. The van der Waals surface area contributed by atoms with E-state index >= 15 is 0 Å². The van der Waals surface area contributed by atoms with Crippen molar-refractivity contribution in [3.05, 3.63) is 35.4 Å². The lowest BCUT2D eigenvalue weighted by Crippen LogP contribution is -2.14. The number of imidazole rings is 1. The van der Waals surface area contributed by atoms with Gasteiger partial charge in [0.15, 0.2) is 0 Å². The van der Waals surface area contributed by atoms with Gasteiger partial charge in [0, 0.05) is 7.05 Å². The Balaban J connectivity index is 2.02. The third-order valence-corrected chi connectivity index (χ3v) is 5.33. The van der Waals surface area contributed by atoms with Gasteiger partial charge in [-0.15, -0.1) is 0 Å². The number of hydrogen-bond acceptors (Lipinski definition) is 4. The van der Waals surface area contributed by atoms with E-state index in [0.717, 1.165) is 16.9 Å². The molecule has 0 fully saturated rings. The number of anilines is 1. The normalized spacial score (nSPS) is 12.0. The molecule has 0 saturated heterocycles. The number of H-pyrrole nitrogens is 1. The van der Waals surface area contributed by atoms with E-state index < -0.39 is 10.0 Å². The summed E-state index contributed by atoms with van der Waals surface area (Å²) in [7, 11) is -1.76. The Kier molecular flexibility index (Phi) is 3.21. The summed E-state index contributed by atoms with van der Waals surface area (Å²) < 4.78 is 29.6. The van der Waals surface area contributed by atoms with Crippen molar-refractivity contribution in [1.82, 2.24) is 19.7 Å². The second kappa shape index (κ2) is 4.84. The molecule has 3 aromatic rings. The molecule has 0 aliphatic carbocycles. The van der Waals surface area contributed by atoms with Gasteiger partial charge in [0.25, 0.3) is 10.0 Å². The lowest BCUT2D eigenvalue weighted by atomic mass is 10.3. The summed E-state index contributed by atoms with van der Waals surface area (Å²) in [4.78, 5) is 4.60. The Labute approximate surface area is 128 Å². The number of sulfonamides is 1. The minimum absolute atomic E-state index is 0.185. The van der Waals surface area contributed by atoms with Gasteiger partial charge in [-0.05, 0) is 39.0 Å². The summed E-state index contributed by atoms with van der Waals surface area (Å²) in [5, 5.41) is 6.61. The molecular weight excluding hydrogens is 302 g/mol. The molecule has 0 spiro atoms. The van der Waals surface area contributed by atoms with Crippen molar-refractivity contribution in [2.24, 2.45) is 7.05 Å². The quantitative estimate of drug-likeness (QED) is 0.772. The second-order valence-corrected chi connectivity index (χ2v) is 6.91. The summed E-state index contributed by atoms with van der Waals surface area (Å²) in [5.41, 5.74) is 3.14. The molecule has 0 bridgehead atoms. The molecule has 0 radical (unpaired) electrons. The molecule has 0 unspecified atom stereocenters. The fourth-order valence-electron chi connectivity index (χ4n) is 2.53. The molecule has 2 N–H and O–H groups in total. The summed E-state index contributed by atoms with van der Waals surface area (Å²) in [5.74, 6) is 0.872. The number of nitrogens with one attached hydrogen (secondary N) is 2. The van der Waals surface area contributed by atoms with Crippen molar-refractivity contribution >= 4 is 26.7 Å². The van der Waals surface area contributed by atoms with Crippen molar-refractivity contribution < 1.29 is 8.42 Å². The minimum atomic E-state index is -3.68. The van der Waals surface area contributed by atoms with Gasteiger partial charge in [0.2, 0.25) is 0 Å². The molecule has 8 heteroatoms. The number of aromatic amines is 1. The third-order valence-electron chi connectivity index (χ3n) is 3.69. The summed E-state index contributed by atoms with van der Waals surface area (Å²) in [6.07, 6.45) is 0. The zero-order valence-corrected chi connectivity index (χ0v) is 13.6. The SMILES string of the molecule is Cc1n[nH]c(C)c1S(=O)(=O)Nc1ccc2c(c1)nc(C)n2C. The molecule has 7 nitrogen and oxygen atoms in total. The Morgan fingerprint density at radius 2 is 1.95 bits per heavy atom. The molecule has 0 aliphatic heterocycles. The van der Waals surface area contributed by atoms with E-state index in [2.05, 4.69) is 19.9 Å². The van der Waals surface area contributed by atoms with Gasteiger partial charge < -0.3 is 4.57 Å². The largest absolute Gasteiger partial charge is 0.331 e. The van der Waals surface area contributed by atoms with Gasteiger partial charge in [-0.3, -0.25) is 9.82 Å². The highest BCUT2D eigenvalue weighted by Gasteiger charge is 2.22. The van der Waals surface area contributed by atoms with Crippen molar-refractivity contribution in [2.45, 2.75) is 25.7 Å². The van der Waals surface area contributed by atoms with Crippen LogP contribution in [-0.4, -0.2) is 28.2 Å². The Morgan fingerprint density at radius 3 is 2.59 bits per heavy atom. The highest BCUT2D eigenvalue weighted by Crippen LogP contribution is 2.24. The van der Waals surface area contributed by atoms with E-state index in [-0.39, 0.29) is 4.90 Å². The van der Waals surface area contributed by atoms with Crippen LogP contribution >= 0.6 is 0 Å². The maximum atomic E-state index is 12.5. The summed E-state index contributed by atoms with van der Waals surface area (Å²) in [6, 6.07) is 5.30.